The van der Waals surface area contributed by atoms with E-state index in [2.05, 4.69) is 26.2 Å². The van der Waals surface area contributed by atoms with Gasteiger partial charge in [-0.15, -0.1) is 5.10 Å². The minimum Gasteiger partial charge on any atom is -0.508 e. The van der Waals surface area contributed by atoms with Gasteiger partial charge in [0.25, 0.3) is 0 Å². The van der Waals surface area contributed by atoms with Crippen molar-refractivity contribution >= 4 is 54.8 Å². The lowest BCUT2D eigenvalue weighted by Crippen LogP contribution is -2.37. The maximum absolute atomic E-state index is 13.1. The molecule has 3 aromatic carbocycles. The smallest absolute Gasteiger partial charge is 0.385 e. The van der Waals surface area contributed by atoms with Crippen molar-refractivity contribution in [3.63, 3.8) is 0 Å². The van der Waals surface area contributed by atoms with Crippen LogP contribution < -0.4 is 8.92 Å². The number of nitrogens with zero attached hydrogens (tertiary/aromatic N) is 4. The maximum Gasteiger partial charge on any atom is 0.385 e. The molecule has 0 spiro atoms. The van der Waals surface area contributed by atoms with Crippen molar-refractivity contribution in [3.05, 3.63) is 75.3 Å². The predicted octanol–water partition coefficient (Wildman–Crippen LogP) is 6.01. The molecule has 0 aliphatic carbocycles. The summed E-state index contributed by atoms with van der Waals surface area (Å²) in [5.74, 6) is -0.445. The van der Waals surface area contributed by atoms with E-state index in [0.717, 1.165) is 51.2 Å². The zero-order valence-corrected chi connectivity index (χ0v) is 28.3. The fourth-order valence-corrected chi connectivity index (χ4v) is 7.44. The quantitative estimate of drug-likeness (QED) is 0.106. The molecule has 45 heavy (non-hydrogen) atoms. The number of phenolic OH excluding ortho intramolecular Hbond substituents is 1. The Morgan fingerprint density at radius 3 is 2.73 bits per heavy atom. The Balaban J connectivity index is 1.56. The van der Waals surface area contributed by atoms with Gasteiger partial charge in [0.2, 0.25) is 0 Å². The summed E-state index contributed by atoms with van der Waals surface area (Å²) >= 11 is 10.2. The zero-order valence-electron chi connectivity index (χ0n) is 25.1. The predicted molar refractivity (Wildman–Crippen MR) is 173 cm³/mol. The molecule has 1 aliphatic rings. The number of aryl methyl sites for hydroxylation is 2. The van der Waals surface area contributed by atoms with Crippen LogP contribution in [0, 0.1) is 6.92 Å². The van der Waals surface area contributed by atoms with Crippen LogP contribution in [0.2, 0.25) is 5.02 Å². The highest BCUT2D eigenvalue weighted by Gasteiger charge is 2.33. The number of aromatic hydroxyl groups is 1. The molecule has 0 amide bonds. The number of carbonyl (C=O) groups is 1. The van der Waals surface area contributed by atoms with Crippen LogP contribution >= 0.6 is 27.5 Å². The standard InChI is InChI=1S/C31H34BrClN4O7S/c1-4-43-29(39)16-25(24-8-9-27-30(19(24)2)34-35-37(27)12-6-5-11-32)20-13-22(31(42-3)26(33)15-20)18-36-17-21-14-23(38)7-10-28(21)44-45(36,40)41/h7-10,13-15,25,38H,4-6,11-12,16-18H2,1-3H3. The van der Waals surface area contributed by atoms with E-state index < -0.39 is 22.2 Å². The van der Waals surface area contributed by atoms with Crippen molar-refractivity contribution in [1.82, 2.24) is 19.3 Å². The van der Waals surface area contributed by atoms with Gasteiger partial charge in [0.15, 0.2) is 0 Å². The summed E-state index contributed by atoms with van der Waals surface area (Å²) in [4.78, 5) is 12.9. The summed E-state index contributed by atoms with van der Waals surface area (Å²) in [6.45, 7) is 4.48. The van der Waals surface area contributed by atoms with Gasteiger partial charge in [-0.3, -0.25) is 4.79 Å². The number of alkyl halides is 1. The molecule has 1 N–H and O–H groups in total. The van der Waals surface area contributed by atoms with Crippen LogP contribution in [0.4, 0.5) is 0 Å². The van der Waals surface area contributed by atoms with Gasteiger partial charge < -0.3 is 18.8 Å². The number of hydrogen-bond acceptors (Lipinski definition) is 9. The zero-order chi connectivity index (χ0) is 32.3. The number of carbonyl (C=O) groups excluding carboxylic acids is 1. The Hall–Kier alpha value is -3.39. The average Bonchev–Trinajstić information content (AvgIpc) is 3.41. The molecule has 14 heteroatoms. The van der Waals surface area contributed by atoms with Crippen molar-refractivity contribution in [2.75, 3.05) is 19.0 Å². The van der Waals surface area contributed by atoms with Crippen molar-refractivity contribution in [3.8, 4) is 17.2 Å². The van der Waals surface area contributed by atoms with Crippen molar-refractivity contribution in [1.29, 1.82) is 0 Å². The highest BCUT2D eigenvalue weighted by Crippen LogP contribution is 2.40. The fourth-order valence-electron chi connectivity index (χ4n) is 5.63. The van der Waals surface area contributed by atoms with E-state index in [9.17, 15) is 18.3 Å². The number of halogens is 2. The lowest BCUT2D eigenvalue weighted by molar-refractivity contribution is -0.143. The molecule has 1 unspecified atom stereocenters. The minimum absolute atomic E-state index is 0.00710. The van der Waals surface area contributed by atoms with E-state index in [-0.39, 0.29) is 42.6 Å². The third-order valence-corrected chi connectivity index (χ3v) is 9.91. The summed E-state index contributed by atoms with van der Waals surface area (Å²) in [5, 5.41) is 20.0. The van der Waals surface area contributed by atoms with Gasteiger partial charge >= 0.3 is 16.3 Å². The average molecular weight is 722 g/mol. The number of rotatable bonds is 12. The van der Waals surface area contributed by atoms with Crippen molar-refractivity contribution < 1.29 is 32.0 Å². The number of fused-ring (bicyclic) bond motifs is 2. The normalized spacial score (nSPS) is 15.0. The molecule has 2 heterocycles. The van der Waals surface area contributed by atoms with Crippen molar-refractivity contribution in [2.45, 2.75) is 58.7 Å². The molecule has 0 fully saturated rings. The summed E-state index contributed by atoms with van der Waals surface area (Å²) < 4.78 is 45.5. The summed E-state index contributed by atoms with van der Waals surface area (Å²) in [7, 11) is -2.72. The molecular formula is C31H34BrClN4O7S. The first-order chi connectivity index (χ1) is 21.6. The molecule has 11 nitrogen and oxygen atoms in total. The van der Waals surface area contributed by atoms with E-state index in [1.807, 2.05) is 23.7 Å². The Bertz CT molecular complexity index is 1830. The molecule has 0 radical (unpaired) electrons. The molecule has 0 saturated carbocycles. The molecule has 4 aromatic rings. The number of methoxy groups -OCH3 is 1. The molecule has 5 rings (SSSR count). The van der Waals surface area contributed by atoms with Gasteiger partial charge in [-0.25, -0.2) is 4.68 Å². The van der Waals surface area contributed by atoms with E-state index in [1.54, 1.807) is 19.1 Å². The Morgan fingerprint density at radius 2 is 2.00 bits per heavy atom. The summed E-state index contributed by atoms with van der Waals surface area (Å²) in [6, 6.07) is 11.7. The van der Waals surface area contributed by atoms with Crippen LogP contribution in [0.15, 0.2) is 42.5 Å². The third kappa shape index (κ3) is 7.06. The summed E-state index contributed by atoms with van der Waals surface area (Å²) in [5.41, 5.74) is 4.99. The molecule has 0 saturated heterocycles. The highest BCUT2D eigenvalue weighted by atomic mass is 79.9. The largest absolute Gasteiger partial charge is 0.508 e. The second-order valence-corrected chi connectivity index (χ2v) is 13.5. The first-order valence-electron chi connectivity index (χ1n) is 14.5. The minimum atomic E-state index is -4.18. The topological polar surface area (TPSA) is 133 Å². The molecule has 1 atom stereocenters. The van der Waals surface area contributed by atoms with Crippen molar-refractivity contribution in [2.24, 2.45) is 0 Å². The van der Waals surface area contributed by atoms with Crippen LogP contribution in [0.3, 0.4) is 0 Å². The number of esters is 1. The second kappa shape index (κ2) is 13.9. The third-order valence-electron chi connectivity index (χ3n) is 7.79. The number of benzene rings is 3. The number of aromatic nitrogens is 3. The Labute approximate surface area is 275 Å². The first-order valence-corrected chi connectivity index (χ1v) is 17.3. The molecule has 0 bridgehead atoms. The molecule has 1 aromatic heterocycles. The van der Waals surface area contributed by atoms with Crippen LogP contribution in [0.25, 0.3) is 11.0 Å². The van der Waals surface area contributed by atoms with Gasteiger partial charge in [-0.1, -0.05) is 44.9 Å². The van der Waals surface area contributed by atoms with E-state index in [0.29, 0.717) is 22.4 Å². The number of unbranched alkanes of at least 4 members (excludes halogenated alkanes) is 1. The number of phenols is 1. The van der Waals surface area contributed by atoms with Crippen LogP contribution in [-0.2, 0) is 39.5 Å². The molecular weight excluding hydrogens is 688 g/mol. The highest BCUT2D eigenvalue weighted by molar-refractivity contribution is 9.09. The molecule has 240 valence electrons. The van der Waals surface area contributed by atoms with Gasteiger partial charge in [0, 0.05) is 42.0 Å². The lowest BCUT2D eigenvalue weighted by Gasteiger charge is -2.29. The number of hydrogen-bond donors (Lipinski definition) is 1. The first kappa shape index (κ1) is 33.0. The van der Waals surface area contributed by atoms with Gasteiger partial charge in [0.1, 0.15) is 22.8 Å². The van der Waals surface area contributed by atoms with Gasteiger partial charge in [-0.2, -0.15) is 12.7 Å². The van der Waals surface area contributed by atoms with Gasteiger partial charge in [0.05, 0.1) is 30.7 Å². The SMILES string of the molecule is CCOC(=O)CC(c1cc(Cl)c(OC)c(CN2Cc3cc(O)ccc3OS2(=O)=O)c1)c1ccc2c(nnn2CCCCBr)c1C. The van der Waals surface area contributed by atoms with E-state index >= 15 is 0 Å². The summed E-state index contributed by atoms with van der Waals surface area (Å²) in [6.07, 6.45) is 1.98. The van der Waals surface area contributed by atoms with E-state index in [4.69, 9.17) is 25.3 Å². The second-order valence-electron chi connectivity index (χ2n) is 10.7. The van der Waals surface area contributed by atoms with Crippen LogP contribution in [-0.4, -0.2) is 57.8 Å². The van der Waals surface area contributed by atoms with Crippen LogP contribution in [0.5, 0.6) is 17.2 Å². The van der Waals surface area contributed by atoms with E-state index in [1.165, 1.54) is 25.3 Å². The fraction of sp³-hybridized carbons (Fsp3) is 0.387. The monoisotopic (exact) mass is 720 g/mol. The Kier molecular flexibility index (Phi) is 10.2. The maximum atomic E-state index is 13.1. The number of ether oxygens (including phenoxy) is 2. The molecule has 1 aliphatic heterocycles. The Morgan fingerprint density at radius 1 is 1.20 bits per heavy atom. The van der Waals surface area contributed by atoms with Crippen LogP contribution in [0.1, 0.15) is 59.9 Å². The van der Waals surface area contributed by atoms with Gasteiger partial charge in [-0.05, 0) is 73.7 Å². The lowest BCUT2D eigenvalue weighted by atomic mass is 9.84.